The Morgan fingerprint density at radius 2 is 1.72 bits per heavy atom. The monoisotopic (exact) mass is 245 g/mol. The first-order valence-corrected chi connectivity index (χ1v) is 5.86. The van der Waals surface area contributed by atoms with Crippen LogP contribution in [0.15, 0.2) is 42.5 Å². The number of ether oxygens (including phenoxy) is 1. The summed E-state index contributed by atoms with van der Waals surface area (Å²) >= 11 is 0. The molecule has 0 amide bonds. The molecule has 2 N–H and O–H groups in total. The molecule has 18 heavy (non-hydrogen) atoms. The smallest absolute Gasteiger partial charge is 0.126 e. The summed E-state index contributed by atoms with van der Waals surface area (Å²) in [5.41, 5.74) is 8.58. The summed E-state index contributed by atoms with van der Waals surface area (Å²) in [7, 11) is 0. The topological polar surface area (TPSA) is 35.2 Å². The van der Waals surface area contributed by atoms with Crippen LogP contribution in [-0.4, -0.2) is 0 Å². The maximum atomic E-state index is 13.1. The highest BCUT2D eigenvalue weighted by Gasteiger charge is 2.02. The van der Waals surface area contributed by atoms with E-state index in [1.807, 2.05) is 31.2 Å². The van der Waals surface area contributed by atoms with E-state index in [-0.39, 0.29) is 5.82 Å². The summed E-state index contributed by atoms with van der Waals surface area (Å²) in [5, 5.41) is 0. The molecular formula is C15H16FNO. The van der Waals surface area contributed by atoms with Gasteiger partial charge in [0, 0.05) is 12.6 Å². The standard InChI is InChI=1S/C15H16FNO/c1-11-2-7-14(16)8-15(11)18-10-13-5-3-12(9-17)4-6-13/h2-8H,9-10,17H2,1H3. The predicted molar refractivity (Wildman–Crippen MR) is 69.8 cm³/mol. The molecule has 2 nitrogen and oxygen atoms in total. The molecule has 0 atom stereocenters. The van der Waals surface area contributed by atoms with Gasteiger partial charge in [-0.1, -0.05) is 30.3 Å². The third kappa shape index (κ3) is 3.08. The highest BCUT2D eigenvalue weighted by Crippen LogP contribution is 2.20. The van der Waals surface area contributed by atoms with Gasteiger partial charge in [-0.15, -0.1) is 0 Å². The average Bonchev–Trinajstić information content (AvgIpc) is 2.40. The highest BCUT2D eigenvalue weighted by molar-refractivity contribution is 5.33. The Kier molecular flexibility index (Phi) is 3.95. The van der Waals surface area contributed by atoms with Gasteiger partial charge in [-0.3, -0.25) is 0 Å². The molecule has 0 fully saturated rings. The van der Waals surface area contributed by atoms with E-state index in [1.54, 1.807) is 6.07 Å². The Balaban J connectivity index is 2.04. The van der Waals surface area contributed by atoms with E-state index in [2.05, 4.69) is 0 Å². The van der Waals surface area contributed by atoms with Crippen LogP contribution in [0.5, 0.6) is 5.75 Å². The molecule has 0 spiro atoms. The maximum absolute atomic E-state index is 13.1. The van der Waals surface area contributed by atoms with E-state index in [9.17, 15) is 4.39 Å². The maximum Gasteiger partial charge on any atom is 0.126 e. The quantitative estimate of drug-likeness (QED) is 0.898. The SMILES string of the molecule is Cc1ccc(F)cc1OCc1ccc(CN)cc1. The van der Waals surface area contributed by atoms with Gasteiger partial charge in [0.2, 0.25) is 0 Å². The minimum atomic E-state index is -0.283. The van der Waals surface area contributed by atoms with Crippen molar-refractivity contribution < 1.29 is 9.13 Å². The van der Waals surface area contributed by atoms with E-state index in [0.717, 1.165) is 16.7 Å². The van der Waals surface area contributed by atoms with Crippen molar-refractivity contribution in [2.45, 2.75) is 20.1 Å². The number of rotatable bonds is 4. The second kappa shape index (κ2) is 5.65. The van der Waals surface area contributed by atoms with Crippen LogP contribution < -0.4 is 10.5 Å². The fourth-order valence-corrected chi connectivity index (χ4v) is 1.66. The molecule has 3 heteroatoms. The summed E-state index contributed by atoms with van der Waals surface area (Å²) in [6, 6.07) is 12.4. The van der Waals surface area contributed by atoms with Gasteiger partial charge in [0.15, 0.2) is 0 Å². The largest absolute Gasteiger partial charge is 0.489 e. The molecule has 0 unspecified atom stereocenters. The van der Waals surface area contributed by atoms with Crippen molar-refractivity contribution in [3.05, 3.63) is 65.0 Å². The molecule has 0 aromatic heterocycles. The van der Waals surface area contributed by atoms with E-state index >= 15 is 0 Å². The highest BCUT2D eigenvalue weighted by atomic mass is 19.1. The summed E-state index contributed by atoms with van der Waals surface area (Å²) < 4.78 is 18.7. The first-order chi connectivity index (χ1) is 8.69. The minimum absolute atomic E-state index is 0.283. The molecule has 2 aromatic rings. The van der Waals surface area contributed by atoms with Crippen LogP contribution in [0, 0.1) is 12.7 Å². The predicted octanol–water partition coefficient (Wildman–Crippen LogP) is 3.17. The van der Waals surface area contributed by atoms with Crippen LogP contribution in [0.2, 0.25) is 0 Å². The second-order valence-electron chi connectivity index (χ2n) is 4.22. The van der Waals surface area contributed by atoms with Crippen molar-refractivity contribution in [1.29, 1.82) is 0 Å². The molecular weight excluding hydrogens is 229 g/mol. The lowest BCUT2D eigenvalue weighted by atomic mass is 10.1. The van der Waals surface area contributed by atoms with Crippen molar-refractivity contribution in [1.82, 2.24) is 0 Å². The van der Waals surface area contributed by atoms with Gasteiger partial charge < -0.3 is 10.5 Å². The van der Waals surface area contributed by atoms with E-state index in [1.165, 1.54) is 12.1 Å². The summed E-state index contributed by atoms with van der Waals surface area (Å²) in [4.78, 5) is 0. The zero-order chi connectivity index (χ0) is 13.0. The van der Waals surface area contributed by atoms with Gasteiger partial charge in [-0.25, -0.2) is 4.39 Å². The molecule has 2 aromatic carbocycles. The molecule has 0 saturated heterocycles. The van der Waals surface area contributed by atoms with E-state index < -0.39 is 0 Å². The van der Waals surface area contributed by atoms with Crippen LogP contribution >= 0.6 is 0 Å². The third-order valence-corrected chi connectivity index (χ3v) is 2.80. The number of benzene rings is 2. The molecule has 0 bridgehead atoms. The van der Waals surface area contributed by atoms with Gasteiger partial charge in [-0.2, -0.15) is 0 Å². The van der Waals surface area contributed by atoms with Crippen LogP contribution in [0.4, 0.5) is 4.39 Å². The first kappa shape index (κ1) is 12.6. The van der Waals surface area contributed by atoms with Crippen molar-refractivity contribution in [3.8, 4) is 5.75 Å². The lowest BCUT2D eigenvalue weighted by molar-refractivity contribution is 0.302. The summed E-state index contributed by atoms with van der Waals surface area (Å²) in [6.07, 6.45) is 0. The second-order valence-corrected chi connectivity index (χ2v) is 4.22. The Morgan fingerprint density at radius 3 is 2.39 bits per heavy atom. The molecule has 2 rings (SSSR count). The molecule has 0 radical (unpaired) electrons. The lowest BCUT2D eigenvalue weighted by Crippen LogP contribution is -1.99. The fourth-order valence-electron chi connectivity index (χ4n) is 1.66. The number of hydrogen-bond donors (Lipinski definition) is 1. The number of nitrogens with two attached hydrogens (primary N) is 1. The van der Waals surface area contributed by atoms with Gasteiger partial charge in [0.25, 0.3) is 0 Å². The molecule has 0 saturated carbocycles. The van der Waals surface area contributed by atoms with Crippen LogP contribution in [0.25, 0.3) is 0 Å². The van der Waals surface area contributed by atoms with Gasteiger partial charge in [-0.05, 0) is 29.7 Å². The number of aryl methyl sites for hydroxylation is 1. The molecule has 0 heterocycles. The number of halogens is 1. The van der Waals surface area contributed by atoms with Crippen LogP contribution in [0.3, 0.4) is 0 Å². The lowest BCUT2D eigenvalue weighted by Gasteiger charge is -2.09. The van der Waals surface area contributed by atoms with Gasteiger partial charge >= 0.3 is 0 Å². The third-order valence-electron chi connectivity index (χ3n) is 2.80. The summed E-state index contributed by atoms with van der Waals surface area (Å²) in [5.74, 6) is 0.298. The Hall–Kier alpha value is -1.87. The molecule has 94 valence electrons. The average molecular weight is 245 g/mol. The fraction of sp³-hybridized carbons (Fsp3) is 0.200. The summed E-state index contributed by atoms with van der Waals surface area (Å²) in [6.45, 7) is 2.85. The zero-order valence-electron chi connectivity index (χ0n) is 10.3. The van der Waals surface area contributed by atoms with E-state index in [4.69, 9.17) is 10.5 Å². The van der Waals surface area contributed by atoms with Crippen molar-refractivity contribution in [2.75, 3.05) is 0 Å². The normalized spacial score (nSPS) is 10.4. The van der Waals surface area contributed by atoms with Crippen molar-refractivity contribution in [3.63, 3.8) is 0 Å². The Bertz CT molecular complexity index is 523. The van der Waals surface area contributed by atoms with E-state index in [0.29, 0.717) is 18.9 Å². The van der Waals surface area contributed by atoms with Crippen LogP contribution in [0.1, 0.15) is 16.7 Å². The van der Waals surface area contributed by atoms with Crippen LogP contribution in [-0.2, 0) is 13.2 Å². The molecule has 0 aliphatic heterocycles. The van der Waals surface area contributed by atoms with Gasteiger partial charge in [0.1, 0.15) is 18.2 Å². The molecule has 0 aliphatic rings. The Labute approximate surface area is 106 Å². The minimum Gasteiger partial charge on any atom is -0.489 e. The number of hydrogen-bond acceptors (Lipinski definition) is 2. The molecule has 0 aliphatic carbocycles. The Morgan fingerprint density at radius 1 is 1.06 bits per heavy atom. The van der Waals surface area contributed by atoms with Crippen molar-refractivity contribution >= 4 is 0 Å². The first-order valence-electron chi connectivity index (χ1n) is 5.86. The van der Waals surface area contributed by atoms with Crippen molar-refractivity contribution in [2.24, 2.45) is 5.73 Å². The van der Waals surface area contributed by atoms with Gasteiger partial charge in [0.05, 0.1) is 0 Å². The zero-order valence-corrected chi connectivity index (χ0v) is 10.3.